The minimum atomic E-state index is 0.0542. The van der Waals surface area contributed by atoms with Crippen molar-refractivity contribution in [2.24, 2.45) is 0 Å². The lowest BCUT2D eigenvalue weighted by Gasteiger charge is -2.35. The van der Waals surface area contributed by atoms with Crippen molar-refractivity contribution in [2.45, 2.75) is 32.2 Å². The summed E-state index contributed by atoms with van der Waals surface area (Å²) >= 11 is 1.56. The number of rotatable bonds is 2. The Morgan fingerprint density at radius 2 is 2.17 bits per heavy atom. The van der Waals surface area contributed by atoms with E-state index in [-0.39, 0.29) is 11.9 Å². The Morgan fingerprint density at radius 1 is 1.26 bits per heavy atom. The van der Waals surface area contributed by atoms with Crippen LogP contribution in [0.1, 0.15) is 45.5 Å². The number of hydrogen-bond donors (Lipinski definition) is 0. The molecule has 1 amide bonds. The number of carbonyl (C=O) groups excluding carboxylic acids is 1. The lowest BCUT2D eigenvalue weighted by molar-refractivity contribution is 0.0611. The van der Waals surface area contributed by atoms with Gasteiger partial charge in [-0.15, -0.1) is 11.3 Å². The van der Waals surface area contributed by atoms with Crippen molar-refractivity contribution in [3.63, 3.8) is 0 Å². The zero-order valence-corrected chi connectivity index (χ0v) is 13.8. The van der Waals surface area contributed by atoms with Crippen LogP contribution >= 0.6 is 11.3 Å². The van der Waals surface area contributed by atoms with Crippen LogP contribution in [0.15, 0.2) is 36.7 Å². The number of aryl methyl sites for hydroxylation is 1. The molecular formula is C17H18N4OS. The molecule has 0 N–H and O–H groups in total. The summed E-state index contributed by atoms with van der Waals surface area (Å²) in [6.07, 6.45) is 6.81. The maximum absolute atomic E-state index is 12.9. The number of piperidine rings is 1. The van der Waals surface area contributed by atoms with Crippen molar-refractivity contribution in [3.05, 3.63) is 52.1 Å². The van der Waals surface area contributed by atoms with Gasteiger partial charge in [-0.2, -0.15) is 5.10 Å². The van der Waals surface area contributed by atoms with Crippen molar-refractivity contribution < 1.29 is 4.79 Å². The summed E-state index contributed by atoms with van der Waals surface area (Å²) in [4.78, 5) is 21.6. The molecule has 23 heavy (non-hydrogen) atoms. The molecule has 0 aromatic carbocycles. The van der Waals surface area contributed by atoms with Gasteiger partial charge in [0.15, 0.2) is 5.65 Å². The third-order valence-electron chi connectivity index (χ3n) is 4.34. The molecule has 3 aromatic heterocycles. The zero-order valence-electron chi connectivity index (χ0n) is 13.0. The summed E-state index contributed by atoms with van der Waals surface area (Å²) in [6.45, 7) is 2.83. The van der Waals surface area contributed by atoms with E-state index >= 15 is 0 Å². The van der Waals surface area contributed by atoms with Gasteiger partial charge in [-0.1, -0.05) is 0 Å². The highest BCUT2D eigenvalue weighted by Gasteiger charge is 2.30. The van der Waals surface area contributed by atoms with Crippen molar-refractivity contribution in [1.82, 2.24) is 19.5 Å². The normalized spacial score (nSPS) is 18.5. The molecule has 1 aliphatic heterocycles. The molecule has 1 aliphatic rings. The summed E-state index contributed by atoms with van der Waals surface area (Å²) in [5.41, 5.74) is 1.78. The molecule has 0 spiro atoms. The Kier molecular flexibility index (Phi) is 3.61. The second kappa shape index (κ2) is 5.77. The maximum Gasteiger partial charge on any atom is 0.264 e. The number of nitrogens with zero attached hydrogens (tertiary/aromatic N) is 4. The van der Waals surface area contributed by atoms with E-state index in [0.717, 1.165) is 42.0 Å². The molecule has 5 nitrogen and oxygen atoms in total. The van der Waals surface area contributed by atoms with Gasteiger partial charge in [0.25, 0.3) is 5.91 Å². The van der Waals surface area contributed by atoms with Crippen LogP contribution in [0.4, 0.5) is 0 Å². The Labute approximate surface area is 138 Å². The molecule has 4 rings (SSSR count). The van der Waals surface area contributed by atoms with Crippen molar-refractivity contribution in [1.29, 1.82) is 0 Å². The number of likely N-dealkylation sites (tertiary alicyclic amines) is 1. The van der Waals surface area contributed by atoms with Crippen LogP contribution in [-0.4, -0.2) is 31.9 Å². The van der Waals surface area contributed by atoms with E-state index < -0.39 is 0 Å². The number of amides is 1. The predicted molar refractivity (Wildman–Crippen MR) is 89.7 cm³/mol. The first-order chi connectivity index (χ1) is 11.2. The minimum absolute atomic E-state index is 0.0542. The van der Waals surface area contributed by atoms with Crippen LogP contribution in [0.25, 0.3) is 5.65 Å². The Bertz CT molecular complexity index is 853. The van der Waals surface area contributed by atoms with E-state index in [4.69, 9.17) is 4.98 Å². The molecule has 0 radical (unpaired) electrons. The highest BCUT2D eigenvalue weighted by molar-refractivity contribution is 7.13. The van der Waals surface area contributed by atoms with Gasteiger partial charge in [-0.05, 0) is 44.4 Å². The molecule has 4 heterocycles. The fraction of sp³-hybridized carbons (Fsp3) is 0.353. The van der Waals surface area contributed by atoms with Crippen molar-refractivity contribution >= 4 is 22.9 Å². The summed E-state index contributed by atoms with van der Waals surface area (Å²) in [5, 5.41) is 4.18. The summed E-state index contributed by atoms with van der Waals surface area (Å²) in [5.74, 6) is 0.128. The monoisotopic (exact) mass is 326 g/mol. The maximum atomic E-state index is 12.9. The van der Waals surface area contributed by atoms with Crippen LogP contribution < -0.4 is 0 Å². The van der Waals surface area contributed by atoms with E-state index in [1.54, 1.807) is 22.0 Å². The van der Waals surface area contributed by atoms with Gasteiger partial charge in [-0.3, -0.25) is 4.79 Å². The molecular weight excluding hydrogens is 308 g/mol. The van der Waals surface area contributed by atoms with Gasteiger partial charge in [-0.25, -0.2) is 9.50 Å². The summed E-state index contributed by atoms with van der Waals surface area (Å²) in [6, 6.07) is 7.87. The highest BCUT2D eigenvalue weighted by Crippen LogP contribution is 2.32. The van der Waals surface area contributed by atoms with Crippen molar-refractivity contribution in [2.75, 3.05) is 6.54 Å². The quantitative estimate of drug-likeness (QED) is 0.724. The molecule has 1 atom stereocenters. The fourth-order valence-electron chi connectivity index (χ4n) is 3.19. The molecule has 118 valence electrons. The molecule has 0 unspecified atom stereocenters. The lowest BCUT2D eigenvalue weighted by atomic mass is 9.99. The molecule has 1 saturated heterocycles. The van der Waals surface area contributed by atoms with Gasteiger partial charge in [0.2, 0.25) is 0 Å². The van der Waals surface area contributed by atoms with Crippen LogP contribution in [0.3, 0.4) is 0 Å². The first kappa shape index (κ1) is 14.4. The van der Waals surface area contributed by atoms with E-state index in [2.05, 4.69) is 5.10 Å². The topological polar surface area (TPSA) is 50.5 Å². The largest absolute Gasteiger partial charge is 0.329 e. The molecule has 0 bridgehead atoms. The van der Waals surface area contributed by atoms with Crippen LogP contribution in [0, 0.1) is 6.92 Å². The summed E-state index contributed by atoms with van der Waals surface area (Å²) < 4.78 is 1.75. The molecule has 0 saturated carbocycles. The Morgan fingerprint density at radius 3 is 3.00 bits per heavy atom. The third-order valence-corrected chi connectivity index (χ3v) is 5.32. The predicted octanol–water partition coefficient (Wildman–Crippen LogP) is 3.47. The van der Waals surface area contributed by atoms with Crippen LogP contribution in [0.2, 0.25) is 0 Å². The Hall–Kier alpha value is -2.21. The molecule has 6 heteroatoms. The van der Waals surface area contributed by atoms with E-state index in [9.17, 15) is 4.79 Å². The third kappa shape index (κ3) is 2.63. The van der Waals surface area contributed by atoms with Gasteiger partial charge < -0.3 is 4.90 Å². The fourth-order valence-corrected chi connectivity index (χ4v) is 4.01. The van der Waals surface area contributed by atoms with Crippen LogP contribution in [0.5, 0.6) is 0 Å². The number of thiophene rings is 1. The average molecular weight is 326 g/mol. The smallest absolute Gasteiger partial charge is 0.264 e. The second-order valence-corrected chi connectivity index (χ2v) is 7.19. The number of fused-ring (bicyclic) bond motifs is 1. The standard InChI is InChI=1S/C17H18N4OS/c1-12-5-6-15(23-12)17(22)20-10-3-2-4-14(20)13-8-11-21-16(19-13)7-9-18-21/h5-9,11,14H,2-4,10H2,1H3/t14-/m1/s1. The zero-order chi connectivity index (χ0) is 15.8. The Balaban J connectivity index is 1.68. The minimum Gasteiger partial charge on any atom is -0.329 e. The van der Waals surface area contributed by atoms with Gasteiger partial charge in [0, 0.05) is 23.7 Å². The highest BCUT2D eigenvalue weighted by atomic mass is 32.1. The van der Waals surface area contributed by atoms with Crippen molar-refractivity contribution in [3.8, 4) is 0 Å². The average Bonchev–Trinajstić information content (AvgIpc) is 3.22. The molecule has 1 fully saturated rings. The summed E-state index contributed by atoms with van der Waals surface area (Å²) in [7, 11) is 0. The first-order valence-corrected chi connectivity index (χ1v) is 8.72. The molecule has 3 aromatic rings. The molecule has 0 aliphatic carbocycles. The first-order valence-electron chi connectivity index (χ1n) is 7.90. The van der Waals surface area contributed by atoms with Gasteiger partial charge in [0.05, 0.1) is 22.8 Å². The van der Waals surface area contributed by atoms with Gasteiger partial charge in [0.1, 0.15) is 0 Å². The van der Waals surface area contributed by atoms with E-state index in [1.807, 2.05) is 42.3 Å². The van der Waals surface area contributed by atoms with Crippen LogP contribution in [-0.2, 0) is 0 Å². The number of hydrogen-bond acceptors (Lipinski definition) is 4. The van der Waals surface area contributed by atoms with Gasteiger partial charge >= 0.3 is 0 Å². The number of carbonyl (C=O) groups is 1. The lowest BCUT2D eigenvalue weighted by Crippen LogP contribution is -2.38. The van der Waals surface area contributed by atoms with E-state index in [1.165, 1.54) is 4.88 Å². The number of aromatic nitrogens is 3. The second-order valence-electron chi connectivity index (χ2n) is 5.91. The van der Waals surface area contributed by atoms with E-state index in [0.29, 0.717) is 0 Å². The SMILES string of the molecule is Cc1ccc(C(=O)N2CCCC[C@@H]2c2ccn3nccc3n2)s1.